The van der Waals surface area contributed by atoms with E-state index in [-0.39, 0.29) is 5.65 Å². The molecule has 0 fully saturated rings. The van der Waals surface area contributed by atoms with E-state index < -0.39 is 11.7 Å². The fraction of sp³-hybridized carbons (Fsp3) is 0.143. The molecule has 0 bridgehead atoms. The predicted octanol–water partition coefficient (Wildman–Crippen LogP) is 3.72. The van der Waals surface area contributed by atoms with Crippen molar-refractivity contribution in [1.82, 2.24) is 14.6 Å². The average molecular weight is 277 g/mol. The van der Waals surface area contributed by atoms with Crippen molar-refractivity contribution in [3.05, 3.63) is 53.7 Å². The van der Waals surface area contributed by atoms with E-state index in [2.05, 4.69) is 10.2 Å². The van der Waals surface area contributed by atoms with Crippen LogP contribution in [-0.2, 0) is 6.18 Å². The van der Waals surface area contributed by atoms with E-state index in [9.17, 15) is 13.2 Å². The Balaban J connectivity index is 2.24. The lowest BCUT2D eigenvalue weighted by atomic mass is 10.2. The van der Waals surface area contributed by atoms with Crippen molar-refractivity contribution in [2.75, 3.05) is 0 Å². The van der Waals surface area contributed by atoms with Crippen LogP contribution in [0.3, 0.4) is 0 Å². The van der Waals surface area contributed by atoms with Gasteiger partial charge in [0.05, 0.1) is 5.56 Å². The molecule has 20 heavy (non-hydrogen) atoms. The zero-order valence-electron chi connectivity index (χ0n) is 10.5. The Hall–Kier alpha value is -2.37. The van der Waals surface area contributed by atoms with Gasteiger partial charge in [0.15, 0.2) is 11.5 Å². The molecule has 3 nitrogen and oxygen atoms in total. The lowest BCUT2D eigenvalue weighted by Gasteiger charge is -2.09. The van der Waals surface area contributed by atoms with Crippen LogP contribution in [0.4, 0.5) is 13.2 Å². The molecule has 0 aliphatic carbocycles. The Bertz CT molecular complexity index is 760. The number of nitrogens with zero attached hydrogens (tertiary/aromatic N) is 3. The van der Waals surface area contributed by atoms with E-state index in [1.807, 2.05) is 30.3 Å². The summed E-state index contributed by atoms with van der Waals surface area (Å²) >= 11 is 0. The first-order valence-corrected chi connectivity index (χ1v) is 5.95. The molecule has 1 aromatic carbocycles. The van der Waals surface area contributed by atoms with Gasteiger partial charge in [0, 0.05) is 11.3 Å². The zero-order chi connectivity index (χ0) is 14.3. The summed E-state index contributed by atoms with van der Waals surface area (Å²) in [6.45, 7) is 1.61. The summed E-state index contributed by atoms with van der Waals surface area (Å²) in [7, 11) is 0. The summed E-state index contributed by atoms with van der Waals surface area (Å²) in [5.74, 6) is 0.534. The summed E-state index contributed by atoms with van der Waals surface area (Å²) in [6, 6.07) is 11.3. The van der Waals surface area contributed by atoms with Crippen molar-refractivity contribution in [3.63, 3.8) is 0 Å². The molecule has 0 unspecified atom stereocenters. The first kappa shape index (κ1) is 12.7. The second-order valence-corrected chi connectivity index (χ2v) is 4.47. The second-order valence-electron chi connectivity index (χ2n) is 4.47. The maximum absolute atomic E-state index is 12.8. The minimum atomic E-state index is -4.38. The van der Waals surface area contributed by atoms with Crippen molar-refractivity contribution in [2.45, 2.75) is 13.1 Å². The van der Waals surface area contributed by atoms with Gasteiger partial charge < -0.3 is 0 Å². The number of halogens is 3. The number of pyridine rings is 1. The molecule has 0 spiro atoms. The minimum Gasteiger partial charge on any atom is -0.280 e. The Morgan fingerprint density at radius 2 is 1.70 bits per heavy atom. The molecular weight excluding hydrogens is 267 g/mol. The second kappa shape index (κ2) is 4.33. The Labute approximate surface area is 112 Å². The monoisotopic (exact) mass is 277 g/mol. The largest absolute Gasteiger partial charge is 0.416 e. The average Bonchev–Trinajstić information content (AvgIpc) is 2.83. The molecule has 3 rings (SSSR count). The summed E-state index contributed by atoms with van der Waals surface area (Å²) in [5.41, 5.74) is 0.729. The van der Waals surface area contributed by atoms with Crippen molar-refractivity contribution in [3.8, 4) is 11.4 Å². The normalized spacial score (nSPS) is 12.0. The summed E-state index contributed by atoms with van der Waals surface area (Å²) in [4.78, 5) is 0. The number of aromatic nitrogens is 3. The van der Waals surface area contributed by atoms with Crippen LogP contribution < -0.4 is 0 Å². The number of fused-ring (bicyclic) bond motifs is 1. The molecule has 102 valence electrons. The third kappa shape index (κ3) is 2.03. The maximum atomic E-state index is 12.8. The van der Waals surface area contributed by atoms with Gasteiger partial charge in [0.1, 0.15) is 0 Å². The van der Waals surface area contributed by atoms with Crippen molar-refractivity contribution < 1.29 is 13.2 Å². The van der Waals surface area contributed by atoms with E-state index >= 15 is 0 Å². The zero-order valence-corrected chi connectivity index (χ0v) is 10.5. The van der Waals surface area contributed by atoms with Gasteiger partial charge in [-0.2, -0.15) is 13.2 Å². The van der Waals surface area contributed by atoms with Crippen LogP contribution in [0.5, 0.6) is 0 Å². The Kier molecular flexibility index (Phi) is 2.74. The Morgan fingerprint density at radius 1 is 1.00 bits per heavy atom. The smallest absolute Gasteiger partial charge is 0.280 e. The SMILES string of the molecule is Cc1cc(C(F)(F)F)cc2nnc(-c3ccccc3)n12. The molecule has 0 radical (unpaired) electrons. The molecule has 0 saturated heterocycles. The standard InChI is InChI=1S/C14H10F3N3/c1-9-7-11(14(15,16)17)8-12-18-19-13(20(9)12)10-5-3-2-4-6-10/h2-8H,1H3. The van der Waals surface area contributed by atoms with Crippen molar-refractivity contribution in [1.29, 1.82) is 0 Å². The summed E-state index contributed by atoms with van der Waals surface area (Å²) in [6.07, 6.45) is -4.38. The van der Waals surface area contributed by atoms with Crippen molar-refractivity contribution >= 4 is 5.65 Å². The van der Waals surface area contributed by atoms with Crippen LogP contribution in [0.25, 0.3) is 17.0 Å². The highest BCUT2D eigenvalue weighted by molar-refractivity contribution is 5.60. The van der Waals surface area contributed by atoms with Gasteiger partial charge in [-0.1, -0.05) is 30.3 Å². The number of benzene rings is 1. The molecule has 3 aromatic rings. The predicted molar refractivity (Wildman–Crippen MR) is 68.2 cm³/mol. The van der Waals surface area contributed by atoms with Gasteiger partial charge in [0.25, 0.3) is 0 Å². The van der Waals surface area contributed by atoms with E-state index in [1.165, 1.54) is 0 Å². The molecule has 2 aromatic heterocycles. The first-order valence-electron chi connectivity index (χ1n) is 5.95. The fourth-order valence-electron chi connectivity index (χ4n) is 2.15. The highest BCUT2D eigenvalue weighted by Crippen LogP contribution is 2.31. The van der Waals surface area contributed by atoms with Crippen LogP contribution in [-0.4, -0.2) is 14.6 Å². The van der Waals surface area contributed by atoms with Crippen molar-refractivity contribution in [2.24, 2.45) is 0 Å². The number of alkyl halides is 3. The van der Waals surface area contributed by atoms with Gasteiger partial charge in [-0.3, -0.25) is 4.40 Å². The quantitative estimate of drug-likeness (QED) is 0.678. The topological polar surface area (TPSA) is 30.2 Å². The van der Waals surface area contributed by atoms with Gasteiger partial charge >= 0.3 is 6.18 Å². The lowest BCUT2D eigenvalue weighted by molar-refractivity contribution is -0.137. The molecule has 6 heteroatoms. The lowest BCUT2D eigenvalue weighted by Crippen LogP contribution is -2.07. The number of hydrogen-bond donors (Lipinski definition) is 0. The minimum absolute atomic E-state index is 0.191. The Morgan fingerprint density at radius 3 is 2.35 bits per heavy atom. The summed E-state index contributed by atoms with van der Waals surface area (Å²) in [5, 5.41) is 7.84. The third-order valence-electron chi connectivity index (χ3n) is 3.05. The maximum Gasteiger partial charge on any atom is 0.416 e. The van der Waals surface area contributed by atoms with Crippen LogP contribution in [0.15, 0.2) is 42.5 Å². The molecule has 2 heterocycles. The van der Waals surface area contributed by atoms with Gasteiger partial charge in [-0.25, -0.2) is 0 Å². The summed E-state index contributed by atoms with van der Waals surface area (Å²) < 4.78 is 39.9. The van der Waals surface area contributed by atoms with Gasteiger partial charge in [-0.05, 0) is 19.1 Å². The van der Waals surface area contributed by atoms with Crippen LogP contribution in [0.1, 0.15) is 11.3 Å². The molecule has 0 atom stereocenters. The van der Waals surface area contributed by atoms with E-state index in [1.54, 1.807) is 11.3 Å². The van der Waals surface area contributed by atoms with Crippen LogP contribution >= 0.6 is 0 Å². The van der Waals surface area contributed by atoms with E-state index in [0.717, 1.165) is 17.7 Å². The fourth-order valence-corrected chi connectivity index (χ4v) is 2.15. The molecular formula is C14H10F3N3. The highest BCUT2D eigenvalue weighted by atomic mass is 19.4. The number of hydrogen-bond acceptors (Lipinski definition) is 2. The highest BCUT2D eigenvalue weighted by Gasteiger charge is 2.31. The van der Waals surface area contributed by atoms with Gasteiger partial charge in [-0.15, -0.1) is 10.2 Å². The molecule has 0 amide bonds. The molecule has 0 N–H and O–H groups in total. The number of aryl methyl sites for hydroxylation is 1. The van der Waals surface area contributed by atoms with E-state index in [0.29, 0.717) is 11.5 Å². The van der Waals surface area contributed by atoms with E-state index in [4.69, 9.17) is 0 Å². The first-order chi connectivity index (χ1) is 9.47. The molecule has 0 aliphatic heterocycles. The molecule has 0 saturated carbocycles. The van der Waals surface area contributed by atoms with Gasteiger partial charge in [0.2, 0.25) is 0 Å². The molecule has 0 aliphatic rings. The third-order valence-corrected chi connectivity index (χ3v) is 3.05. The van der Waals surface area contributed by atoms with Crippen LogP contribution in [0, 0.1) is 6.92 Å². The number of rotatable bonds is 1. The van der Waals surface area contributed by atoms with Crippen LogP contribution in [0.2, 0.25) is 0 Å².